The van der Waals surface area contributed by atoms with Gasteiger partial charge < -0.3 is 16.2 Å². The molecular formula is C13H15N3OS. The van der Waals surface area contributed by atoms with Gasteiger partial charge in [0.1, 0.15) is 11.6 Å². The van der Waals surface area contributed by atoms with Crippen molar-refractivity contribution in [1.82, 2.24) is 4.98 Å². The van der Waals surface area contributed by atoms with Crippen LogP contribution >= 0.6 is 12.6 Å². The van der Waals surface area contributed by atoms with Crippen molar-refractivity contribution in [2.24, 2.45) is 0 Å². The molecule has 1 heterocycles. The number of nitrogens with zero attached hydrogens (tertiary/aromatic N) is 1. The van der Waals surface area contributed by atoms with Crippen LogP contribution in [0, 0.1) is 0 Å². The highest BCUT2D eigenvalue weighted by molar-refractivity contribution is 7.79. The predicted octanol–water partition coefficient (Wildman–Crippen LogP) is 2.41. The van der Waals surface area contributed by atoms with Gasteiger partial charge >= 0.3 is 0 Å². The Morgan fingerprint density at radius 1 is 1.28 bits per heavy atom. The van der Waals surface area contributed by atoms with Crippen LogP contribution in [0.1, 0.15) is 11.3 Å². The third kappa shape index (κ3) is 3.30. The number of rotatable bonds is 4. The second-order valence-electron chi connectivity index (χ2n) is 3.96. The Morgan fingerprint density at radius 3 is 2.83 bits per heavy atom. The number of hydrogen-bond acceptors (Lipinski definition) is 5. The number of aromatic nitrogens is 1. The maximum atomic E-state index is 9.36. The van der Waals surface area contributed by atoms with Gasteiger partial charge in [0, 0.05) is 24.1 Å². The number of phenols is 1. The average molecular weight is 261 g/mol. The minimum absolute atomic E-state index is 0.255. The summed E-state index contributed by atoms with van der Waals surface area (Å²) in [6, 6.07) is 10.7. The second-order valence-corrected chi connectivity index (χ2v) is 4.27. The molecule has 0 saturated carbocycles. The molecular weight excluding hydrogens is 246 g/mol. The zero-order valence-corrected chi connectivity index (χ0v) is 10.7. The van der Waals surface area contributed by atoms with Crippen molar-refractivity contribution in [3.8, 4) is 5.75 Å². The number of anilines is 2. The third-order valence-electron chi connectivity index (χ3n) is 2.45. The van der Waals surface area contributed by atoms with Crippen molar-refractivity contribution in [2.75, 3.05) is 11.1 Å². The Labute approximate surface area is 111 Å². The van der Waals surface area contributed by atoms with Gasteiger partial charge in [-0.25, -0.2) is 4.98 Å². The number of thiol groups is 1. The summed E-state index contributed by atoms with van der Waals surface area (Å²) < 4.78 is 0. The SMILES string of the molecule is Nc1cc(CS)nc(NCc2cccc(O)c2)c1. The van der Waals surface area contributed by atoms with Gasteiger partial charge in [0.05, 0.1) is 5.69 Å². The summed E-state index contributed by atoms with van der Waals surface area (Å²) >= 11 is 4.18. The maximum absolute atomic E-state index is 9.36. The van der Waals surface area contributed by atoms with E-state index in [1.165, 1.54) is 0 Å². The maximum Gasteiger partial charge on any atom is 0.128 e. The zero-order chi connectivity index (χ0) is 13.0. The minimum Gasteiger partial charge on any atom is -0.508 e. The number of aromatic hydroxyl groups is 1. The molecule has 0 aliphatic heterocycles. The molecule has 1 aromatic carbocycles. The standard InChI is InChI=1S/C13H15N3OS/c14-10-5-11(8-18)16-13(6-10)15-7-9-2-1-3-12(17)4-9/h1-6,17-18H,7-8H2,(H3,14,15,16). The smallest absolute Gasteiger partial charge is 0.128 e. The molecule has 18 heavy (non-hydrogen) atoms. The third-order valence-corrected chi connectivity index (χ3v) is 2.77. The van der Waals surface area contributed by atoms with Crippen molar-refractivity contribution in [1.29, 1.82) is 0 Å². The highest BCUT2D eigenvalue weighted by Gasteiger charge is 2.00. The summed E-state index contributed by atoms with van der Waals surface area (Å²) in [5.41, 5.74) is 8.24. The molecule has 2 aromatic rings. The highest BCUT2D eigenvalue weighted by atomic mass is 32.1. The first kappa shape index (κ1) is 12.6. The summed E-state index contributed by atoms with van der Waals surface area (Å²) in [7, 11) is 0. The normalized spacial score (nSPS) is 10.3. The van der Waals surface area contributed by atoms with Crippen LogP contribution in [-0.2, 0) is 12.3 Å². The van der Waals surface area contributed by atoms with Crippen LogP contribution in [0.3, 0.4) is 0 Å². The van der Waals surface area contributed by atoms with E-state index in [-0.39, 0.29) is 5.75 Å². The molecule has 0 atom stereocenters. The van der Waals surface area contributed by atoms with Gasteiger partial charge in [0.25, 0.3) is 0 Å². The van der Waals surface area contributed by atoms with Crippen LogP contribution in [0.5, 0.6) is 5.75 Å². The van der Waals surface area contributed by atoms with Gasteiger partial charge in [-0.15, -0.1) is 0 Å². The topological polar surface area (TPSA) is 71.2 Å². The Hall–Kier alpha value is -1.88. The molecule has 0 radical (unpaired) electrons. The molecule has 0 fully saturated rings. The van der Waals surface area contributed by atoms with E-state index >= 15 is 0 Å². The second kappa shape index (κ2) is 5.64. The first-order chi connectivity index (χ1) is 8.67. The number of pyridine rings is 1. The first-order valence-electron chi connectivity index (χ1n) is 5.56. The van der Waals surface area contributed by atoms with E-state index in [1.54, 1.807) is 30.3 Å². The van der Waals surface area contributed by atoms with Gasteiger partial charge in [-0.1, -0.05) is 12.1 Å². The van der Waals surface area contributed by atoms with Crippen molar-refractivity contribution in [3.05, 3.63) is 47.7 Å². The van der Waals surface area contributed by atoms with Gasteiger partial charge in [0.2, 0.25) is 0 Å². The number of benzene rings is 1. The van der Waals surface area contributed by atoms with E-state index in [1.807, 2.05) is 6.07 Å². The zero-order valence-electron chi connectivity index (χ0n) is 9.80. The number of nitrogens with two attached hydrogens (primary N) is 1. The first-order valence-corrected chi connectivity index (χ1v) is 6.19. The van der Waals surface area contributed by atoms with Gasteiger partial charge in [-0.3, -0.25) is 0 Å². The molecule has 0 saturated heterocycles. The van der Waals surface area contributed by atoms with Crippen LogP contribution < -0.4 is 11.1 Å². The molecule has 0 aliphatic rings. The molecule has 0 bridgehead atoms. The van der Waals surface area contributed by atoms with E-state index in [4.69, 9.17) is 5.73 Å². The fourth-order valence-electron chi connectivity index (χ4n) is 1.64. The molecule has 5 heteroatoms. The summed E-state index contributed by atoms with van der Waals surface area (Å²) in [4.78, 5) is 4.36. The van der Waals surface area contributed by atoms with Crippen molar-refractivity contribution in [3.63, 3.8) is 0 Å². The Kier molecular flexibility index (Phi) is 3.94. The van der Waals surface area contributed by atoms with E-state index in [9.17, 15) is 5.11 Å². The highest BCUT2D eigenvalue weighted by Crippen LogP contribution is 2.16. The Morgan fingerprint density at radius 2 is 2.11 bits per heavy atom. The number of hydrogen-bond donors (Lipinski definition) is 4. The van der Waals surface area contributed by atoms with Crippen LogP contribution in [-0.4, -0.2) is 10.1 Å². The monoisotopic (exact) mass is 261 g/mol. The summed E-state index contributed by atoms with van der Waals surface area (Å²) in [6.45, 7) is 0.580. The van der Waals surface area contributed by atoms with E-state index in [0.29, 0.717) is 23.8 Å². The number of phenolic OH excluding ortho intramolecular Hbond substituents is 1. The molecule has 0 aliphatic carbocycles. The summed E-state index contributed by atoms with van der Waals surface area (Å²) in [5.74, 6) is 1.51. The fraction of sp³-hybridized carbons (Fsp3) is 0.154. The Balaban J connectivity index is 2.08. The Bertz CT molecular complexity index is 546. The van der Waals surface area contributed by atoms with Gasteiger partial charge in [0.15, 0.2) is 0 Å². The van der Waals surface area contributed by atoms with Crippen molar-refractivity contribution in [2.45, 2.75) is 12.3 Å². The lowest BCUT2D eigenvalue weighted by atomic mass is 10.2. The minimum atomic E-state index is 0.255. The van der Waals surface area contributed by atoms with Gasteiger partial charge in [-0.05, 0) is 23.8 Å². The lowest BCUT2D eigenvalue weighted by Gasteiger charge is -2.08. The quantitative estimate of drug-likeness (QED) is 0.638. The van der Waals surface area contributed by atoms with Crippen molar-refractivity contribution < 1.29 is 5.11 Å². The molecule has 0 amide bonds. The molecule has 2 rings (SSSR count). The molecule has 1 aromatic heterocycles. The van der Waals surface area contributed by atoms with Crippen LogP contribution in [0.25, 0.3) is 0 Å². The average Bonchev–Trinajstić information content (AvgIpc) is 2.36. The fourth-order valence-corrected chi connectivity index (χ4v) is 1.80. The molecule has 4 N–H and O–H groups in total. The molecule has 0 unspecified atom stereocenters. The van der Waals surface area contributed by atoms with Gasteiger partial charge in [-0.2, -0.15) is 12.6 Å². The van der Waals surface area contributed by atoms with Crippen molar-refractivity contribution >= 4 is 24.1 Å². The number of nitrogens with one attached hydrogen (secondary N) is 1. The largest absolute Gasteiger partial charge is 0.508 e. The van der Waals surface area contributed by atoms with E-state index in [2.05, 4.69) is 22.9 Å². The van der Waals surface area contributed by atoms with Crippen LogP contribution in [0.2, 0.25) is 0 Å². The number of nitrogen functional groups attached to an aromatic ring is 1. The van der Waals surface area contributed by atoms with E-state index < -0.39 is 0 Å². The lowest BCUT2D eigenvalue weighted by molar-refractivity contribution is 0.474. The summed E-state index contributed by atoms with van der Waals surface area (Å²) in [5, 5.41) is 12.5. The van der Waals surface area contributed by atoms with Crippen LogP contribution in [0.4, 0.5) is 11.5 Å². The molecule has 0 spiro atoms. The van der Waals surface area contributed by atoms with E-state index in [0.717, 1.165) is 11.3 Å². The molecule has 4 nitrogen and oxygen atoms in total. The van der Waals surface area contributed by atoms with Crippen LogP contribution in [0.15, 0.2) is 36.4 Å². The lowest BCUT2D eigenvalue weighted by Crippen LogP contribution is -2.03. The molecule has 94 valence electrons. The predicted molar refractivity (Wildman–Crippen MR) is 76.8 cm³/mol. The summed E-state index contributed by atoms with van der Waals surface area (Å²) in [6.07, 6.45) is 0.